The molecule has 1 aromatic carbocycles. The van der Waals surface area contributed by atoms with Crippen LogP contribution >= 0.6 is 0 Å². The zero-order chi connectivity index (χ0) is 12.1. The molecule has 3 heteroatoms. The van der Waals surface area contributed by atoms with Crippen molar-refractivity contribution >= 4 is 5.97 Å². The van der Waals surface area contributed by atoms with E-state index in [4.69, 9.17) is 0 Å². The Bertz CT molecular complexity index is 449. The number of rotatable bonds is 4. The molecule has 2 rings (SSSR count). The van der Waals surface area contributed by atoms with Gasteiger partial charge in [-0.05, 0) is 24.5 Å². The summed E-state index contributed by atoms with van der Waals surface area (Å²) < 4.78 is 0. The van der Waals surface area contributed by atoms with Gasteiger partial charge in [-0.3, -0.25) is 0 Å². The van der Waals surface area contributed by atoms with Crippen molar-refractivity contribution in [3.05, 3.63) is 59.8 Å². The van der Waals surface area contributed by atoms with E-state index in [9.17, 15) is 9.90 Å². The molecule has 0 fully saturated rings. The lowest BCUT2D eigenvalue weighted by molar-refractivity contribution is -0.139. The molecule has 88 valence electrons. The van der Waals surface area contributed by atoms with Crippen LogP contribution in [0.15, 0.2) is 54.3 Å². The van der Waals surface area contributed by atoms with E-state index in [1.54, 1.807) is 0 Å². The minimum atomic E-state index is -0.865. The number of nitrogens with one attached hydrogen (secondary N) is 1. The Morgan fingerprint density at radius 1 is 1.24 bits per heavy atom. The quantitative estimate of drug-likeness (QED) is 0.834. The monoisotopic (exact) mass is 229 g/mol. The van der Waals surface area contributed by atoms with Gasteiger partial charge in [-0.1, -0.05) is 42.5 Å². The zero-order valence-electron chi connectivity index (χ0n) is 9.47. The second kappa shape index (κ2) is 5.34. The summed E-state index contributed by atoms with van der Waals surface area (Å²) in [5, 5.41) is 12.3. The third kappa shape index (κ3) is 2.97. The van der Waals surface area contributed by atoms with Gasteiger partial charge in [-0.25, -0.2) is 4.79 Å². The third-order valence-electron chi connectivity index (χ3n) is 2.69. The third-order valence-corrected chi connectivity index (χ3v) is 2.69. The molecule has 0 saturated carbocycles. The highest BCUT2D eigenvalue weighted by Gasteiger charge is 2.19. The Morgan fingerprint density at radius 2 is 2.00 bits per heavy atom. The summed E-state index contributed by atoms with van der Waals surface area (Å²) in [4.78, 5) is 11.3. The molecule has 2 N–H and O–H groups in total. The Balaban J connectivity index is 2.16. The first-order chi connectivity index (χ1) is 8.27. The number of carboxylic acids is 1. The highest BCUT2D eigenvalue weighted by atomic mass is 16.4. The summed E-state index contributed by atoms with van der Waals surface area (Å²) >= 11 is 0. The molecule has 1 aliphatic carbocycles. The summed E-state index contributed by atoms with van der Waals surface area (Å²) in [6.45, 7) is 0. The normalized spacial score (nSPS) is 16.1. The number of carbonyl (C=O) groups is 1. The molecule has 0 aromatic heterocycles. The number of hydrogen-bond acceptors (Lipinski definition) is 2. The van der Waals surface area contributed by atoms with E-state index >= 15 is 0 Å². The van der Waals surface area contributed by atoms with Crippen molar-refractivity contribution < 1.29 is 9.90 Å². The number of allylic oxidation sites excluding steroid dienone is 3. The molecule has 0 amide bonds. The van der Waals surface area contributed by atoms with E-state index in [0.29, 0.717) is 0 Å². The first kappa shape index (κ1) is 11.5. The van der Waals surface area contributed by atoms with Crippen molar-refractivity contribution in [1.29, 1.82) is 0 Å². The number of benzene rings is 1. The lowest BCUT2D eigenvalue weighted by Crippen LogP contribution is -2.27. The van der Waals surface area contributed by atoms with Crippen LogP contribution in [0.1, 0.15) is 24.4 Å². The largest absolute Gasteiger partial charge is 0.479 e. The number of aliphatic carboxylic acids is 1. The Hall–Kier alpha value is -2.03. The fraction of sp³-hybridized carbons (Fsp3) is 0.214. The van der Waals surface area contributed by atoms with Crippen LogP contribution in [0.5, 0.6) is 0 Å². The van der Waals surface area contributed by atoms with Gasteiger partial charge in [0, 0.05) is 5.70 Å². The fourth-order valence-corrected chi connectivity index (χ4v) is 1.82. The number of hydrogen-bond donors (Lipinski definition) is 2. The van der Waals surface area contributed by atoms with E-state index in [0.717, 1.165) is 24.1 Å². The van der Waals surface area contributed by atoms with E-state index < -0.39 is 12.0 Å². The molecule has 1 atom stereocenters. The van der Waals surface area contributed by atoms with Crippen LogP contribution in [-0.2, 0) is 4.79 Å². The summed E-state index contributed by atoms with van der Waals surface area (Å²) in [6, 6.07) is 8.51. The van der Waals surface area contributed by atoms with Crippen LogP contribution in [0.3, 0.4) is 0 Å². The fourth-order valence-electron chi connectivity index (χ4n) is 1.82. The van der Waals surface area contributed by atoms with Gasteiger partial charge < -0.3 is 10.4 Å². The van der Waals surface area contributed by atoms with Gasteiger partial charge in [0.05, 0.1) is 0 Å². The molecule has 0 bridgehead atoms. The van der Waals surface area contributed by atoms with Gasteiger partial charge in [0.2, 0.25) is 0 Å². The average Bonchev–Trinajstić information content (AvgIpc) is 2.38. The first-order valence-corrected chi connectivity index (χ1v) is 5.68. The van der Waals surface area contributed by atoms with Gasteiger partial charge in [0.1, 0.15) is 0 Å². The van der Waals surface area contributed by atoms with E-state index in [2.05, 4.69) is 5.32 Å². The highest BCUT2D eigenvalue weighted by molar-refractivity contribution is 5.76. The van der Waals surface area contributed by atoms with Crippen molar-refractivity contribution in [2.45, 2.75) is 18.9 Å². The van der Waals surface area contributed by atoms with Gasteiger partial charge in [0.25, 0.3) is 0 Å². The molecule has 1 aromatic rings. The van der Waals surface area contributed by atoms with Crippen LogP contribution in [0.4, 0.5) is 0 Å². The smallest absolute Gasteiger partial charge is 0.330 e. The first-order valence-electron chi connectivity index (χ1n) is 5.68. The maximum Gasteiger partial charge on any atom is 0.330 e. The molecule has 0 spiro atoms. The summed E-state index contributed by atoms with van der Waals surface area (Å²) in [7, 11) is 0. The maximum absolute atomic E-state index is 11.3. The molecular weight excluding hydrogens is 214 g/mol. The van der Waals surface area contributed by atoms with Crippen LogP contribution in [-0.4, -0.2) is 11.1 Å². The van der Waals surface area contributed by atoms with Crippen molar-refractivity contribution in [1.82, 2.24) is 5.32 Å². The predicted molar refractivity (Wildman–Crippen MR) is 66.4 cm³/mol. The molecule has 1 aliphatic rings. The van der Waals surface area contributed by atoms with E-state index in [1.807, 2.05) is 48.6 Å². The SMILES string of the molecule is O=C(O)C(NC1=CCCC=C1)c1ccccc1. The van der Waals surface area contributed by atoms with E-state index in [-0.39, 0.29) is 0 Å². The van der Waals surface area contributed by atoms with Crippen LogP contribution < -0.4 is 5.32 Å². The van der Waals surface area contributed by atoms with Crippen molar-refractivity contribution in [2.75, 3.05) is 0 Å². The van der Waals surface area contributed by atoms with Crippen molar-refractivity contribution in [3.63, 3.8) is 0 Å². The second-order valence-electron chi connectivity index (χ2n) is 3.97. The summed E-state index contributed by atoms with van der Waals surface area (Å²) in [5.41, 5.74) is 1.65. The molecule has 0 saturated heterocycles. The lowest BCUT2D eigenvalue weighted by atomic mass is 10.1. The summed E-state index contributed by atoms with van der Waals surface area (Å²) in [6.07, 6.45) is 7.99. The molecule has 1 unspecified atom stereocenters. The minimum absolute atomic E-state index is 0.690. The van der Waals surface area contributed by atoms with Crippen molar-refractivity contribution in [3.8, 4) is 0 Å². The molecule has 0 heterocycles. The Kier molecular flexibility index (Phi) is 3.60. The van der Waals surface area contributed by atoms with Crippen molar-refractivity contribution in [2.24, 2.45) is 0 Å². The minimum Gasteiger partial charge on any atom is -0.479 e. The highest BCUT2D eigenvalue weighted by Crippen LogP contribution is 2.17. The maximum atomic E-state index is 11.3. The number of carboxylic acid groups (broad SMARTS) is 1. The van der Waals surface area contributed by atoms with Gasteiger partial charge in [0.15, 0.2) is 6.04 Å². The Morgan fingerprint density at radius 3 is 2.59 bits per heavy atom. The topological polar surface area (TPSA) is 49.3 Å². The molecule has 0 radical (unpaired) electrons. The average molecular weight is 229 g/mol. The summed E-state index contributed by atoms with van der Waals surface area (Å²) in [5.74, 6) is -0.865. The standard InChI is InChI=1S/C14H15NO2/c16-14(17)13(11-7-3-1-4-8-11)15-12-9-5-2-6-10-12/h1,3-5,7-10,13,15H,2,6H2,(H,16,17). The second-order valence-corrected chi connectivity index (χ2v) is 3.97. The Labute approximate surface area is 100 Å². The van der Waals surface area contributed by atoms with Crippen LogP contribution in [0.25, 0.3) is 0 Å². The zero-order valence-corrected chi connectivity index (χ0v) is 9.47. The molecule has 17 heavy (non-hydrogen) atoms. The van der Waals surface area contributed by atoms with Gasteiger partial charge in [-0.2, -0.15) is 0 Å². The van der Waals surface area contributed by atoms with Crippen LogP contribution in [0.2, 0.25) is 0 Å². The lowest BCUT2D eigenvalue weighted by Gasteiger charge is -2.18. The van der Waals surface area contributed by atoms with Crippen LogP contribution in [0, 0.1) is 0 Å². The predicted octanol–water partition coefficient (Wildman–Crippen LogP) is 2.64. The van der Waals surface area contributed by atoms with E-state index in [1.165, 1.54) is 0 Å². The molecular formula is C14H15NO2. The van der Waals surface area contributed by atoms with Gasteiger partial charge >= 0.3 is 5.97 Å². The molecule has 3 nitrogen and oxygen atoms in total. The van der Waals surface area contributed by atoms with Gasteiger partial charge in [-0.15, -0.1) is 0 Å². The molecule has 0 aliphatic heterocycles.